The first-order valence-corrected chi connectivity index (χ1v) is 4.12. The molecular weight excluding hydrogens is 152 g/mol. The van der Waals surface area contributed by atoms with Gasteiger partial charge in [0.25, 0.3) is 0 Å². The van der Waals surface area contributed by atoms with E-state index in [1.807, 2.05) is 0 Å². The number of nitriles is 1. The van der Waals surface area contributed by atoms with Gasteiger partial charge in [-0.3, -0.25) is 4.68 Å². The van der Waals surface area contributed by atoms with Crippen LogP contribution in [0.3, 0.4) is 0 Å². The lowest BCUT2D eigenvalue weighted by molar-refractivity contribution is 0.615. The average Bonchev–Trinajstić information content (AvgIpc) is 2.50. The van der Waals surface area contributed by atoms with E-state index >= 15 is 0 Å². The Bertz CT molecular complexity index is 271. The maximum atomic E-state index is 8.33. The minimum absolute atomic E-state index is 0.495. The highest BCUT2D eigenvalue weighted by molar-refractivity contribution is 4.81. The molecule has 4 nitrogen and oxygen atoms in total. The smallest absolute Gasteiger partial charge is 0.150 e. The van der Waals surface area contributed by atoms with Crippen molar-refractivity contribution < 1.29 is 0 Å². The number of rotatable bonds is 4. The summed E-state index contributed by atoms with van der Waals surface area (Å²) >= 11 is 0. The third-order valence-corrected chi connectivity index (χ3v) is 1.51. The lowest BCUT2D eigenvalue weighted by atomic mass is 10.3. The van der Waals surface area contributed by atoms with Gasteiger partial charge in [-0.15, -0.1) is 0 Å². The Morgan fingerprint density at radius 3 is 3.17 bits per heavy atom. The molecule has 0 saturated carbocycles. The molecule has 12 heavy (non-hydrogen) atoms. The van der Waals surface area contributed by atoms with Gasteiger partial charge in [-0.05, 0) is 6.42 Å². The van der Waals surface area contributed by atoms with Crippen molar-refractivity contribution in [2.24, 2.45) is 0 Å². The van der Waals surface area contributed by atoms with Crippen molar-refractivity contribution in [2.45, 2.75) is 32.7 Å². The summed E-state index contributed by atoms with van der Waals surface area (Å²) in [6, 6.07) is 2.07. The van der Waals surface area contributed by atoms with Gasteiger partial charge < -0.3 is 0 Å². The van der Waals surface area contributed by atoms with Crippen LogP contribution < -0.4 is 0 Å². The highest BCUT2D eigenvalue weighted by atomic mass is 15.3. The molecule has 0 aromatic carbocycles. The number of aryl methyl sites for hydroxylation is 2. The minimum atomic E-state index is 0.495. The van der Waals surface area contributed by atoms with Crippen molar-refractivity contribution in [1.82, 2.24) is 14.8 Å². The largest absolute Gasteiger partial charge is 0.252 e. The molecule has 0 amide bonds. The van der Waals surface area contributed by atoms with Crippen molar-refractivity contribution in [1.29, 1.82) is 5.26 Å². The molecule has 1 heterocycles. The van der Waals surface area contributed by atoms with E-state index in [2.05, 4.69) is 23.1 Å². The Labute approximate surface area is 71.8 Å². The van der Waals surface area contributed by atoms with Gasteiger partial charge in [-0.1, -0.05) is 6.92 Å². The molecule has 0 unspecified atom stereocenters. The van der Waals surface area contributed by atoms with Gasteiger partial charge in [-0.2, -0.15) is 10.4 Å². The Hall–Kier alpha value is -1.37. The van der Waals surface area contributed by atoms with E-state index < -0.39 is 0 Å². The summed E-state index contributed by atoms with van der Waals surface area (Å²) in [6.45, 7) is 2.74. The van der Waals surface area contributed by atoms with E-state index in [0.29, 0.717) is 13.0 Å². The topological polar surface area (TPSA) is 54.5 Å². The maximum absolute atomic E-state index is 8.33. The van der Waals surface area contributed by atoms with Gasteiger partial charge in [0.15, 0.2) is 5.82 Å². The molecule has 0 saturated heterocycles. The predicted octanol–water partition coefficient (Wildman–Crippen LogP) is 1.14. The molecule has 0 fully saturated rings. The number of hydrogen-bond acceptors (Lipinski definition) is 3. The fourth-order valence-electron chi connectivity index (χ4n) is 0.944. The average molecular weight is 164 g/mol. The first-order valence-electron chi connectivity index (χ1n) is 4.12. The zero-order valence-corrected chi connectivity index (χ0v) is 7.19. The van der Waals surface area contributed by atoms with E-state index in [1.54, 1.807) is 11.0 Å². The third kappa shape index (κ3) is 2.35. The molecule has 0 N–H and O–H groups in total. The number of aromatic nitrogens is 3. The summed E-state index contributed by atoms with van der Waals surface area (Å²) in [5, 5.41) is 12.5. The van der Waals surface area contributed by atoms with Crippen LogP contribution in [0.15, 0.2) is 6.33 Å². The Morgan fingerprint density at radius 1 is 1.67 bits per heavy atom. The van der Waals surface area contributed by atoms with Crippen LogP contribution in [0.25, 0.3) is 0 Å². The minimum Gasteiger partial charge on any atom is -0.252 e. The van der Waals surface area contributed by atoms with Crippen molar-refractivity contribution in [3.05, 3.63) is 12.2 Å². The molecule has 0 aliphatic rings. The lowest BCUT2D eigenvalue weighted by Gasteiger charge is -1.92. The molecule has 0 bridgehead atoms. The van der Waals surface area contributed by atoms with E-state index in [0.717, 1.165) is 18.7 Å². The number of hydrogen-bond donors (Lipinski definition) is 0. The quantitative estimate of drug-likeness (QED) is 0.670. The second-order valence-corrected chi connectivity index (χ2v) is 2.58. The van der Waals surface area contributed by atoms with Gasteiger partial charge in [0.2, 0.25) is 0 Å². The predicted molar refractivity (Wildman–Crippen MR) is 44.2 cm³/mol. The van der Waals surface area contributed by atoms with Crippen LogP contribution >= 0.6 is 0 Å². The highest BCUT2D eigenvalue weighted by Gasteiger charge is 1.97. The monoisotopic (exact) mass is 164 g/mol. The van der Waals surface area contributed by atoms with Crippen LogP contribution in [-0.2, 0) is 13.0 Å². The first kappa shape index (κ1) is 8.72. The van der Waals surface area contributed by atoms with Gasteiger partial charge in [-0.25, -0.2) is 4.98 Å². The Balaban J connectivity index is 2.47. The second-order valence-electron chi connectivity index (χ2n) is 2.58. The molecule has 4 heteroatoms. The molecule has 0 aliphatic carbocycles. The Kier molecular flexibility index (Phi) is 3.27. The standard InChI is InChI=1S/C8H12N4/c1-2-4-8-10-7-12(11-8)6-3-5-9/h7H,2-4,6H2,1H3. The van der Waals surface area contributed by atoms with Gasteiger partial charge in [0.05, 0.1) is 19.0 Å². The van der Waals surface area contributed by atoms with E-state index in [4.69, 9.17) is 5.26 Å². The van der Waals surface area contributed by atoms with Crippen LogP contribution in [0.1, 0.15) is 25.6 Å². The van der Waals surface area contributed by atoms with Crippen molar-refractivity contribution in [2.75, 3.05) is 0 Å². The van der Waals surface area contributed by atoms with Crippen molar-refractivity contribution in [3.63, 3.8) is 0 Å². The van der Waals surface area contributed by atoms with E-state index in [9.17, 15) is 0 Å². The summed E-state index contributed by atoms with van der Waals surface area (Å²) in [5.41, 5.74) is 0. The molecule has 0 spiro atoms. The molecule has 0 radical (unpaired) electrons. The van der Waals surface area contributed by atoms with Crippen LogP contribution in [0, 0.1) is 11.3 Å². The SMILES string of the molecule is CCCc1ncn(CCC#N)n1. The molecule has 64 valence electrons. The van der Waals surface area contributed by atoms with E-state index in [-0.39, 0.29) is 0 Å². The van der Waals surface area contributed by atoms with Crippen LogP contribution in [-0.4, -0.2) is 14.8 Å². The highest BCUT2D eigenvalue weighted by Crippen LogP contribution is 1.95. The summed E-state index contributed by atoms with van der Waals surface area (Å²) in [6.07, 6.45) is 4.15. The van der Waals surface area contributed by atoms with Crippen molar-refractivity contribution in [3.8, 4) is 6.07 Å². The van der Waals surface area contributed by atoms with E-state index in [1.165, 1.54) is 0 Å². The first-order chi connectivity index (χ1) is 5.86. The Morgan fingerprint density at radius 2 is 2.50 bits per heavy atom. The fourth-order valence-corrected chi connectivity index (χ4v) is 0.944. The normalized spacial score (nSPS) is 9.67. The summed E-state index contributed by atoms with van der Waals surface area (Å²) in [5.74, 6) is 0.871. The molecule has 1 rings (SSSR count). The lowest BCUT2D eigenvalue weighted by Crippen LogP contribution is -1.98. The summed E-state index contributed by atoms with van der Waals surface area (Å²) < 4.78 is 1.72. The molecule has 0 aliphatic heterocycles. The van der Waals surface area contributed by atoms with Crippen LogP contribution in [0.4, 0.5) is 0 Å². The zero-order valence-electron chi connectivity index (χ0n) is 7.19. The summed E-state index contributed by atoms with van der Waals surface area (Å²) in [4.78, 5) is 4.10. The maximum Gasteiger partial charge on any atom is 0.150 e. The van der Waals surface area contributed by atoms with Crippen LogP contribution in [0.2, 0.25) is 0 Å². The van der Waals surface area contributed by atoms with Gasteiger partial charge in [0.1, 0.15) is 6.33 Å². The van der Waals surface area contributed by atoms with Gasteiger partial charge in [0, 0.05) is 6.42 Å². The molecule has 0 atom stereocenters. The second kappa shape index (κ2) is 4.50. The van der Waals surface area contributed by atoms with Gasteiger partial charge >= 0.3 is 0 Å². The summed E-state index contributed by atoms with van der Waals surface area (Å²) in [7, 11) is 0. The molecule has 1 aromatic rings. The molecular formula is C8H12N4. The fraction of sp³-hybridized carbons (Fsp3) is 0.625. The van der Waals surface area contributed by atoms with Crippen LogP contribution in [0.5, 0.6) is 0 Å². The molecule has 1 aromatic heterocycles. The third-order valence-electron chi connectivity index (χ3n) is 1.51. The zero-order chi connectivity index (χ0) is 8.81. The van der Waals surface area contributed by atoms with Crippen molar-refractivity contribution >= 4 is 0 Å². The number of nitrogens with zero attached hydrogens (tertiary/aromatic N) is 4.